The zero-order chi connectivity index (χ0) is 19.3. The van der Waals surface area contributed by atoms with Crippen molar-refractivity contribution in [1.82, 2.24) is 10.6 Å². The summed E-state index contributed by atoms with van der Waals surface area (Å²) in [7, 11) is 0. The minimum atomic E-state index is -0.672. The second-order valence-electron chi connectivity index (χ2n) is 7.68. The highest BCUT2D eigenvalue weighted by atomic mass is 16.2. The molecule has 0 spiro atoms. The van der Waals surface area contributed by atoms with Gasteiger partial charge in [-0.2, -0.15) is 0 Å². The van der Waals surface area contributed by atoms with Gasteiger partial charge in [-0.3, -0.25) is 14.4 Å². The second kappa shape index (κ2) is 8.34. The number of benzene rings is 1. The molecular weight excluding hydrogens is 330 g/mol. The van der Waals surface area contributed by atoms with Crippen LogP contribution < -0.4 is 16.4 Å². The third-order valence-corrected chi connectivity index (χ3v) is 5.02. The molecular formula is C20H29N3O3. The van der Waals surface area contributed by atoms with E-state index in [9.17, 15) is 14.4 Å². The zero-order valence-corrected chi connectivity index (χ0v) is 15.8. The fourth-order valence-corrected chi connectivity index (χ4v) is 3.44. The highest BCUT2D eigenvalue weighted by molar-refractivity contribution is 5.87. The minimum absolute atomic E-state index is 0.0229. The van der Waals surface area contributed by atoms with Gasteiger partial charge in [-0.1, -0.05) is 43.7 Å². The van der Waals surface area contributed by atoms with Crippen molar-refractivity contribution in [3.8, 4) is 0 Å². The first-order chi connectivity index (χ1) is 12.2. The van der Waals surface area contributed by atoms with Gasteiger partial charge in [0.05, 0.1) is 0 Å². The van der Waals surface area contributed by atoms with E-state index >= 15 is 0 Å². The van der Waals surface area contributed by atoms with E-state index < -0.39 is 17.5 Å². The lowest BCUT2D eigenvalue weighted by atomic mass is 9.84. The van der Waals surface area contributed by atoms with Gasteiger partial charge in [-0.15, -0.1) is 0 Å². The first kappa shape index (κ1) is 19.9. The van der Waals surface area contributed by atoms with Crippen LogP contribution in [0.4, 0.5) is 0 Å². The second-order valence-corrected chi connectivity index (χ2v) is 7.68. The van der Waals surface area contributed by atoms with Crippen molar-refractivity contribution in [1.29, 1.82) is 0 Å². The van der Waals surface area contributed by atoms with Gasteiger partial charge in [0, 0.05) is 18.4 Å². The number of carbonyl (C=O) groups excluding carboxylic acids is 3. The topological polar surface area (TPSA) is 101 Å². The Kier molecular flexibility index (Phi) is 6.40. The fraction of sp³-hybridized carbons (Fsp3) is 0.550. The predicted octanol–water partition coefficient (Wildman–Crippen LogP) is 1.59. The van der Waals surface area contributed by atoms with Crippen LogP contribution in [-0.4, -0.2) is 29.3 Å². The largest absolute Gasteiger partial charge is 0.368 e. The molecule has 1 saturated heterocycles. The first-order valence-corrected chi connectivity index (χ1v) is 9.16. The summed E-state index contributed by atoms with van der Waals surface area (Å²) in [6.45, 7) is 5.71. The van der Waals surface area contributed by atoms with Crippen LogP contribution in [0, 0.1) is 12.8 Å². The lowest BCUT2D eigenvalue weighted by molar-refractivity contribution is -0.128. The van der Waals surface area contributed by atoms with Gasteiger partial charge in [0.2, 0.25) is 17.7 Å². The van der Waals surface area contributed by atoms with Gasteiger partial charge in [0.1, 0.15) is 6.04 Å². The van der Waals surface area contributed by atoms with E-state index in [4.69, 9.17) is 5.73 Å². The molecule has 1 aliphatic rings. The predicted molar refractivity (Wildman–Crippen MR) is 100 cm³/mol. The monoisotopic (exact) mass is 359 g/mol. The van der Waals surface area contributed by atoms with Crippen molar-refractivity contribution in [3.05, 3.63) is 35.4 Å². The Bertz CT molecular complexity index is 669. The molecule has 1 aromatic carbocycles. The molecule has 0 unspecified atom stereocenters. The summed E-state index contributed by atoms with van der Waals surface area (Å²) in [4.78, 5) is 35.6. The maximum Gasteiger partial charge on any atom is 0.240 e. The van der Waals surface area contributed by atoms with Crippen molar-refractivity contribution in [2.45, 2.75) is 64.5 Å². The van der Waals surface area contributed by atoms with Gasteiger partial charge in [0.25, 0.3) is 0 Å². The molecule has 2 atom stereocenters. The summed E-state index contributed by atoms with van der Waals surface area (Å²) >= 11 is 0. The normalized spacial score (nSPS) is 20.7. The summed E-state index contributed by atoms with van der Waals surface area (Å²) in [6, 6.07) is 7.54. The van der Waals surface area contributed by atoms with Crippen molar-refractivity contribution in [3.63, 3.8) is 0 Å². The van der Waals surface area contributed by atoms with E-state index in [0.29, 0.717) is 25.7 Å². The highest BCUT2D eigenvalue weighted by Gasteiger charge is 2.38. The lowest BCUT2D eigenvalue weighted by Crippen LogP contribution is -2.49. The third-order valence-electron chi connectivity index (χ3n) is 5.02. The molecule has 6 heteroatoms. The van der Waals surface area contributed by atoms with Crippen molar-refractivity contribution in [2.24, 2.45) is 11.7 Å². The molecule has 6 nitrogen and oxygen atoms in total. The van der Waals surface area contributed by atoms with Gasteiger partial charge < -0.3 is 16.4 Å². The molecule has 2 rings (SSSR count). The summed E-state index contributed by atoms with van der Waals surface area (Å²) in [5.74, 6) is -0.789. The molecule has 0 aromatic heterocycles. The van der Waals surface area contributed by atoms with Crippen LogP contribution in [0.1, 0.15) is 50.7 Å². The van der Waals surface area contributed by atoms with E-state index in [0.717, 1.165) is 5.56 Å². The number of aryl methyl sites for hydroxylation is 1. The van der Waals surface area contributed by atoms with Gasteiger partial charge in [-0.25, -0.2) is 0 Å². The maximum absolute atomic E-state index is 12.3. The summed E-state index contributed by atoms with van der Waals surface area (Å²) in [5.41, 5.74) is 7.26. The number of nitrogens with one attached hydrogen (secondary N) is 2. The number of amides is 3. The summed E-state index contributed by atoms with van der Waals surface area (Å²) in [5, 5.41) is 5.79. The zero-order valence-electron chi connectivity index (χ0n) is 15.8. The number of primary amides is 1. The van der Waals surface area contributed by atoms with Crippen LogP contribution in [-0.2, 0) is 20.8 Å². The molecule has 1 heterocycles. The summed E-state index contributed by atoms with van der Waals surface area (Å²) in [6.07, 6.45) is 2.64. The average Bonchev–Trinajstić information content (AvgIpc) is 2.93. The smallest absolute Gasteiger partial charge is 0.240 e. The lowest BCUT2D eigenvalue weighted by Gasteiger charge is -2.30. The molecule has 4 N–H and O–H groups in total. The van der Waals surface area contributed by atoms with Crippen LogP contribution in [0.5, 0.6) is 0 Å². The Morgan fingerprint density at radius 3 is 2.42 bits per heavy atom. The summed E-state index contributed by atoms with van der Waals surface area (Å²) < 4.78 is 0. The molecule has 1 fully saturated rings. The molecule has 26 heavy (non-hydrogen) atoms. The van der Waals surface area contributed by atoms with Crippen LogP contribution in [0.25, 0.3) is 0 Å². The molecule has 142 valence electrons. The van der Waals surface area contributed by atoms with Crippen LogP contribution >= 0.6 is 0 Å². The quantitative estimate of drug-likeness (QED) is 0.657. The first-order valence-electron chi connectivity index (χ1n) is 9.16. The number of nitrogens with two attached hydrogens (primary N) is 1. The fourth-order valence-electron chi connectivity index (χ4n) is 3.44. The van der Waals surface area contributed by atoms with Crippen LogP contribution in [0.15, 0.2) is 24.3 Å². The molecule has 3 amide bonds. The average molecular weight is 359 g/mol. The Morgan fingerprint density at radius 1 is 1.27 bits per heavy atom. The van der Waals surface area contributed by atoms with Crippen molar-refractivity contribution < 1.29 is 14.4 Å². The SMILES string of the molecule is Cc1ccc(C[C@@]2(CCC(=O)N[C@H](C(N)=O)C(C)C)CCC(=O)N2)cc1. The number of rotatable bonds is 8. The van der Waals surface area contributed by atoms with Crippen molar-refractivity contribution >= 4 is 17.7 Å². The Morgan fingerprint density at radius 2 is 1.92 bits per heavy atom. The van der Waals surface area contributed by atoms with E-state index in [2.05, 4.69) is 22.8 Å². The Labute approximate surface area is 154 Å². The molecule has 0 saturated carbocycles. The van der Waals surface area contributed by atoms with Gasteiger partial charge in [-0.05, 0) is 37.7 Å². The van der Waals surface area contributed by atoms with Crippen LogP contribution in [0.3, 0.4) is 0 Å². The van der Waals surface area contributed by atoms with E-state index in [-0.39, 0.29) is 24.2 Å². The Hall–Kier alpha value is -2.37. The molecule has 0 bridgehead atoms. The van der Waals surface area contributed by atoms with Crippen molar-refractivity contribution in [2.75, 3.05) is 0 Å². The molecule has 0 aliphatic carbocycles. The van der Waals surface area contributed by atoms with Gasteiger partial charge in [0.15, 0.2) is 0 Å². The highest BCUT2D eigenvalue weighted by Crippen LogP contribution is 2.29. The molecule has 0 radical (unpaired) electrons. The van der Waals surface area contributed by atoms with Gasteiger partial charge >= 0.3 is 0 Å². The Balaban J connectivity index is 2.01. The number of hydrogen-bond donors (Lipinski definition) is 3. The standard InChI is InChI=1S/C20H29N3O3/c1-13(2)18(19(21)26)22-16(24)8-10-20(11-9-17(25)23-20)12-15-6-4-14(3)5-7-15/h4-7,13,18H,8-12H2,1-3H3,(H2,21,26)(H,22,24)(H,23,25)/t18-,20+/m0/s1. The third kappa shape index (κ3) is 5.31. The van der Waals surface area contributed by atoms with E-state index in [1.165, 1.54) is 5.56 Å². The van der Waals surface area contributed by atoms with Crippen LogP contribution in [0.2, 0.25) is 0 Å². The van der Waals surface area contributed by atoms with E-state index in [1.807, 2.05) is 32.9 Å². The van der Waals surface area contributed by atoms with E-state index in [1.54, 1.807) is 0 Å². The molecule has 1 aromatic rings. The number of carbonyl (C=O) groups is 3. The minimum Gasteiger partial charge on any atom is -0.368 e. The maximum atomic E-state index is 12.3. The number of hydrogen-bond acceptors (Lipinski definition) is 3. The molecule has 1 aliphatic heterocycles.